The van der Waals surface area contributed by atoms with E-state index in [-0.39, 0.29) is 0 Å². The highest BCUT2D eigenvalue weighted by atomic mass is 15.1. The molecular formula is C30H21N. The molecule has 31 heavy (non-hydrogen) atoms. The molecule has 0 aliphatic carbocycles. The first-order valence-corrected chi connectivity index (χ1v) is 10.6. The Morgan fingerprint density at radius 3 is 1.45 bits per heavy atom. The first-order chi connectivity index (χ1) is 15.4. The van der Waals surface area contributed by atoms with E-state index in [0.717, 1.165) is 5.69 Å². The van der Waals surface area contributed by atoms with Crippen LogP contribution in [0.1, 0.15) is 0 Å². The summed E-state index contributed by atoms with van der Waals surface area (Å²) >= 11 is 0. The molecule has 0 aliphatic heterocycles. The van der Waals surface area contributed by atoms with Gasteiger partial charge >= 0.3 is 0 Å². The van der Waals surface area contributed by atoms with E-state index in [9.17, 15) is 0 Å². The van der Waals surface area contributed by atoms with Crippen LogP contribution in [-0.2, 0) is 0 Å². The van der Waals surface area contributed by atoms with E-state index >= 15 is 0 Å². The molecule has 0 saturated carbocycles. The largest absolute Gasteiger partial charge is 0.309 e. The molecule has 0 amide bonds. The van der Waals surface area contributed by atoms with Crippen LogP contribution in [0.15, 0.2) is 127 Å². The van der Waals surface area contributed by atoms with Gasteiger partial charge in [-0.25, -0.2) is 0 Å². The highest BCUT2D eigenvalue weighted by Gasteiger charge is 2.17. The topological polar surface area (TPSA) is 3.24 Å². The van der Waals surface area contributed by atoms with Crippen LogP contribution < -0.4 is 4.90 Å². The second kappa shape index (κ2) is 7.30. The summed E-state index contributed by atoms with van der Waals surface area (Å²) in [5.74, 6) is 0. The summed E-state index contributed by atoms with van der Waals surface area (Å²) in [6.45, 7) is 0. The standard InChI is InChI=1S/C30H21N/c1-2-12-25-21-26(20-19-22(25)9-1)31(29-17-7-13-23-10-3-5-15-27(23)29)30-18-8-14-24-11-4-6-16-28(24)30/h1-21H. The van der Waals surface area contributed by atoms with E-state index in [0.29, 0.717) is 0 Å². The quantitative estimate of drug-likeness (QED) is 0.290. The van der Waals surface area contributed by atoms with Crippen LogP contribution in [0.3, 0.4) is 0 Å². The van der Waals surface area contributed by atoms with Crippen molar-refractivity contribution in [2.24, 2.45) is 0 Å². The van der Waals surface area contributed by atoms with Crippen molar-refractivity contribution in [2.75, 3.05) is 4.90 Å². The van der Waals surface area contributed by atoms with Crippen molar-refractivity contribution in [1.82, 2.24) is 0 Å². The zero-order chi connectivity index (χ0) is 20.6. The molecule has 0 unspecified atom stereocenters. The Kier molecular flexibility index (Phi) is 4.18. The second-order valence-corrected chi connectivity index (χ2v) is 7.86. The minimum atomic E-state index is 1.16. The van der Waals surface area contributed by atoms with E-state index in [4.69, 9.17) is 0 Å². The third kappa shape index (κ3) is 3.03. The summed E-state index contributed by atoms with van der Waals surface area (Å²) in [5, 5.41) is 7.46. The molecule has 0 fully saturated rings. The summed E-state index contributed by atoms with van der Waals surface area (Å²) in [6.07, 6.45) is 0. The van der Waals surface area contributed by atoms with Crippen LogP contribution in [-0.4, -0.2) is 0 Å². The fraction of sp³-hybridized carbons (Fsp3) is 0. The normalized spacial score (nSPS) is 11.2. The average Bonchev–Trinajstić information content (AvgIpc) is 2.84. The zero-order valence-electron chi connectivity index (χ0n) is 17.1. The van der Waals surface area contributed by atoms with Crippen molar-refractivity contribution in [3.05, 3.63) is 127 Å². The Balaban J connectivity index is 1.69. The lowest BCUT2D eigenvalue weighted by Crippen LogP contribution is -2.11. The van der Waals surface area contributed by atoms with Crippen LogP contribution >= 0.6 is 0 Å². The van der Waals surface area contributed by atoms with E-state index in [1.807, 2.05) is 0 Å². The number of anilines is 3. The monoisotopic (exact) mass is 395 g/mol. The van der Waals surface area contributed by atoms with Crippen LogP contribution in [0.4, 0.5) is 17.1 Å². The van der Waals surface area contributed by atoms with Gasteiger partial charge in [-0.15, -0.1) is 0 Å². The van der Waals surface area contributed by atoms with Gasteiger partial charge in [0.05, 0.1) is 11.4 Å². The van der Waals surface area contributed by atoms with E-state index in [1.54, 1.807) is 0 Å². The second-order valence-electron chi connectivity index (χ2n) is 7.86. The molecule has 0 spiro atoms. The molecule has 6 aromatic rings. The molecule has 0 bridgehead atoms. The van der Waals surface area contributed by atoms with Crippen molar-refractivity contribution >= 4 is 49.4 Å². The smallest absolute Gasteiger partial charge is 0.0540 e. The summed E-state index contributed by atoms with van der Waals surface area (Å²) < 4.78 is 0. The van der Waals surface area contributed by atoms with Crippen LogP contribution in [0.5, 0.6) is 0 Å². The molecule has 0 heterocycles. The average molecular weight is 396 g/mol. The maximum Gasteiger partial charge on any atom is 0.0540 e. The predicted octanol–water partition coefficient (Wildman–Crippen LogP) is 8.62. The van der Waals surface area contributed by atoms with Gasteiger partial charge in [0.2, 0.25) is 0 Å². The minimum absolute atomic E-state index is 1.16. The van der Waals surface area contributed by atoms with Crippen molar-refractivity contribution < 1.29 is 0 Å². The Morgan fingerprint density at radius 1 is 0.355 bits per heavy atom. The molecule has 0 aromatic heterocycles. The van der Waals surface area contributed by atoms with E-state index in [2.05, 4.69) is 132 Å². The molecule has 6 aromatic carbocycles. The van der Waals surface area contributed by atoms with Crippen molar-refractivity contribution in [3.8, 4) is 0 Å². The van der Waals surface area contributed by atoms with Gasteiger partial charge in [-0.3, -0.25) is 0 Å². The SMILES string of the molecule is c1ccc2cc(N(c3cccc4ccccc34)c3cccc4ccccc34)ccc2c1. The van der Waals surface area contributed by atoms with Crippen molar-refractivity contribution in [1.29, 1.82) is 0 Å². The molecule has 0 atom stereocenters. The molecule has 0 aliphatic rings. The number of hydrogen-bond donors (Lipinski definition) is 0. The van der Waals surface area contributed by atoms with Crippen LogP contribution in [0.25, 0.3) is 32.3 Å². The summed E-state index contributed by atoms with van der Waals surface area (Å²) in [7, 11) is 0. The third-order valence-electron chi connectivity index (χ3n) is 6.01. The Morgan fingerprint density at radius 2 is 0.839 bits per heavy atom. The number of nitrogens with zero attached hydrogens (tertiary/aromatic N) is 1. The number of rotatable bonds is 3. The van der Waals surface area contributed by atoms with Gasteiger partial charge in [0.1, 0.15) is 0 Å². The van der Waals surface area contributed by atoms with Crippen molar-refractivity contribution in [2.45, 2.75) is 0 Å². The first kappa shape index (κ1) is 17.7. The number of benzene rings is 6. The fourth-order valence-corrected chi connectivity index (χ4v) is 4.53. The molecule has 1 heteroatoms. The highest BCUT2D eigenvalue weighted by Crippen LogP contribution is 2.42. The first-order valence-electron chi connectivity index (χ1n) is 10.6. The van der Waals surface area contributed by atoms with E-state index in [1.165, 1.54) is 43.7 Å². The van der Waals surface area contributed by atoms with Gasteiger partial charge in [0.15, 0.2) is 0 Å². The molecule has 1 nitrogen and oxygen atoms in total. The lowest BCUT2D eigenvalue weighted by Gasteiger charge is -2.28. The maximum absolute atomic E-state index is 2.40. The minimum Gasteiger partial charge on any atom is -0.309 e. The van der Waals surface area contributed by atoms with Gasteiger partial charge in [0.25, 0.3) is 0 Å². The van der Waals surface area contributed by atoms with Gasteiger partial charge in [0, 0.05) is 16.5 Å². The molecule has 6 rings (SSSR count). The summed E-state index contributed by atoms with van der Waals surface area (Å²) in [6, 6.07) is 45.6. The Bertz CT molecular complexity index is 1460. The number of hydrogen-bond acceptors (Lipinski definition) is 1. The molecule has 0 N–H and O–H groups in total. The van der Waals surface area contributed by atoms with E-state index < -0.39 is 0 Å². The number of fused-ring (bicyclic) bond motifs is 3. The highest BCUT2D eigenvalue weighted by molar-refractivity contribution is 6.05. The third-order valence-corrected chi connectivity index (χ3v) is 6.01. The Hall–Kier alpha value is -4.10. The maximum atomic E-state index is 2.40. The lowest BCUT2D eigenvalue weighted by atomic mass is 10.0. The van der Waals surface area contributed by atoms with Gasteiger partial charge in [-0.2, -0.15) is 0 Å². The van der Waals surface area contributed by atoms with Crippen LogP contribution in [0.2, 0.25) is 0 Å². The molecular weight excluding hydrogens is 374 g/mol. The fourth-order valence-electron chi connectivity index (χ4n) is 4.53. The van der Waals surface area contributed by atoms with Gasteiger partial charge in [-0.05, 0) is 45.8 Å². The lowest BCUT2D eigenvalue weighted by molar-refractivity contribution is 1.32. The summed E-state index contributed by atoms with van der Waals surface area (Å²) in [5.41, 5.74) is 3.53. The van der Waals surface area contributed by atoms with Crippen molar-refractivity contribution in [3.63, 3.8) is 0 Å². The Labute approximate surface area is 181 Å². The zero-order valence-corrected chi connectivity index (χ0v) is 17.1. The molecule has 0 saturated heterocycles. The van der Waals surface area contributed by atoms with Crippen LogP contribution in [0, 0.1) is 0 Å². The summed E-state index contributed by atoms with van der Waals surface area (Å²) in [4.78, 5) is 2.40. The molecule has 0 radical (unpaired) electrons. The molecule has 146 valence electrons. The van der Waals surface area contributed by atoms with Gasteiger partial charge in [-0.1, -0.05) is 103 Å². The predicted molar refractivity (Wildman–Crippen MR) is 134 cm³/mol. The van der Waals surface area contributed by atoms with Gasteiger partial charge < -0.3 is 4.90 Å².